The molecule has 0 unspecified atom stereocenters. The number of fused-ring (bicyclic) bond motifs is 1. The third kappa shape index (κ3) is 4.14. The number of para-hydroxylation sites is 1. The molecule has 1 aliphatic rings. The van der Waals surface area contributed by atoms with E-state index >= 15 is 0 Å². The molecular formula is C18H19IN2O3S. The molecular weight excluding hydrogens is 451 g/mol. The summed E-state index contributed by atoms with van der Waals surface area (Å²) in [6.07, 6.45) is 2.94. The molecule has 0 aliphatic carbocycles. The van der Waals surface area contributed by atoms with Crippen molar-refractivity contribution in [2.24, 2.45) is 0 Å². The Balaban J connectivity index is 1.88. The van der Waals surface area contributed by atoms with Gasteiger partial charge in [0.1, 0.15) is 6.54 Å². The molecule has 132 valence electrons. The van der Waals surface area contributed by atoms with Crippen LogP contribution >= 0.6 is 22.6 Å². The molecule has 0 aromatic heterocycles. The van der Waals surface area contributed by atoms with E-state index in [0.29, 0.717) is 12.2 Å². The Hall–Kier alpha value is -1.61. The third-order valence-electron chi connectivity index (χ3n) is 4.21. The maximum atomic E-state index is 12.9. The molecule has 0 saturated carbocycles. The van der Waals surface area contributed by atoms with E-state index in [0.717, 1.165) is 33.9 Å². The summed E-state index contributed by atoms with van der Waals surface area (Å²) in [5.74, 6) is -0.212. The molecule has 25 heavy (non-hydrogen) atoms. The molecule has 7 heteroatoms. The van der Waals surface area contributed by atoms with Gasteiger partial charge in [-0.05, 0) is 71.3 Å². The molecule has 1 heterocycles. The Bertz CT molecular complexity index is 881. The van der Waals surface area contributed by atoms with E-state index < -0.39 is 10.0 Å². The topological polar surface area (TPSA) is 57.7 Å². The van der Waals surface area contributed by atoms with Crippen molar-refractivity contribution in [2.45, 2.75) is 12.8 Å². The lowest BCUT2D eigenvalue weighted by atomic mass is 10.0. The maximum Gasteiger partial charge on any atom is 0.247 e. The monoisotopic (exact) mass is 470 g/mol. The van der Waals surface area contributed by atoms with Crippen LogP contribution in [0.25, 0.3) is 0 Å². The van der Waals surface area contributed by atoms with Gasteiger partial charge in [0.05, 0.1) is 11.9 Å². The normalized spacial score (nSPS) is 14.1. The SMILES string of the molecule is CS(=O)(=O)N(CC(=O)N1CCCc2ccccc21)c1ccc(I)cc1. The van der Waals surface area contributed by atoms with E-state index in [-0.39, 0.29) is 12.5 Å². The molecule has 0 N–H and O–H groups in total. The first kappa shape index (κ1) is 18.2. The Labute approximate surface area is 161 Å². The smallest absolute Gasteiger partial charge is 0.247 e. The van der Waals surface area contributed by atoms with Crippen LogP contribution in [0.1, 0.15) is 12.0 Å². The minimum Gasteiger partial charge on any atom is -0.311 e. The standard InChI is InChI=1S/C18H19IN2O3S/c1-25(23,24)21(16-10-8-15(19)9-11-16)13-18(22)20-12-4-6-14-5-2-3-7-17(14)20/h2-3,5,7-11H,4,6,12-13H2,1H3. The van der Waals surface area contributed by atoms with Crippen LogP contribution in [0, 0.1) is 3.57 Å². The number of amides is 1. The molecule has 0 atom stereocenters. The summed E-state index contributed by atoms with van der Waals surface area (Å²) in [7, 11) is -3.56. The quantitative estimate of drug-likeness (QED) is 0.646. The number of anilines is 2. The van der Waals surface area contributed by atoms with Crippen molar-refractivity contribution >= 4 is 49.9 Å². The molecule has 2 aromatic rings. The van der Waals surface area contributed by atoms with Crippen LogP contribution < -0.4 is 9.21 Å². The summed E-state index contributed by atoms with van der Waals surface area (Å²) in [4.78, 5) is 14.6. The van der Waals surface area contributed by atoms with Crippen molar-refractivity contribution in [3.63, 3.8) is 0 Å². The van der Waals surface area contributed by atoms with Crippen molar-refractivity contribution in [1.29, 1.82) is 0 Å². The van der Waals surface area contributed by atoms with Crippen LogP contribution in [0.3, 0.4) is 0 Å². The highest BCUT2D eigenvalue weighted by Gasteiger charge is 2.27. The highest BCUT2D eigenvalue weighted by atomic mass is 127. The molecule has 5 nitrogen and oxygen atoms in total. The van der Waals surface area contributed by atoms with Crippen LogP contribution in [0.15, 0.2) is 48.5 Å². The highest BCUT2D eigenvalue weighted by Crippen LogP contribution is 2.27. The fourth-order valence-corrected chi connectivity index (χ4v) is 4.22. The molecule has 0 bridgehead atoms. The zero-order valence-electron chi connectivity index (χ0n) is 13.9. The van der Waals surface area contributed by atoms with Crippen LogP contribution in [-0.2, 0) is 21.2 Å². The first-order valence-corrected chi connectivity index (χ1v) is 10.9. The van der Waals surface area contributed by atoms with Gasteiger partial charge in [-0.1, -0.05) is 18.2 Å². The van der Waals surface area contributed by atoms with Crippen molar-refractivity contribution in [1.82, 2.24) is 0 Å². The van der Waals surface area contributed by atoms with E-state index in [4.69, 9.17) is 0 Å². The summed E-state index contributed by atoms with van der Waals surface area (Å²) in [5.41, 5.74) is 2.51. The second kappa shape index (κ2) is 7.33. The largest absolute Gasteiger partial charge is 0.311 e. The number of nitrogens with zero attached hydrogens (tertiary/aromatic N) is 2. The summed E-state index contributed by atoms with van der Waals surface area (Å²) in [6, 6.07) is 14.9. The van der Waals surface area contributed by atoms with E-state index in [1.807, 2.05) is 36.4 Å². The van der Waals surface area contributed by atoms with Gasteiger partial charge < -0.3 is 4.90 Å². The van der Waals surface area contributed by atoms with Gasteiger partial charge in [-0.3, -0.25) is 9.10 Å². The first-order chi connectivity index (χ1) is 11.9. The predicted molar refractivity (Wildman–Crippen MR) is 108 cm³/mol. The molecule has 0 fully saturated rings. The van der Waals surface area contributed by atoms with Gasteiger partial charge >= 0.3 is 0 Å². The number of hydrogen-bond acceptors (Lipinski definition) is 3. The fraction of sp³-hybridized carbons (Fsp3) is 0.278. The Kier molecular flexibility index (Phi) is 5.33. The lowest BCUT2D eigenvalue weighted by Crippen LogP contribution is -2.44. The van der Waals surface area contributed by atoms with Gasteiger partial charge in [0.25, 0.3) is 0 Å². The number of carbonyl (C=O) groups excluding carboxylic acids is 1. The van der Waals surface area contributed by atoms with Gasteiger partial charge in [0, 0.05) is 15.8 Å². The third-order valence-corrected chi connectivity index (χ3v) is 6.06. The van der Waals surface area contributed by atoms with Gasteiger partial charge in [-0.15, -0.1) is 0 Å². The maximum absolute atomic E-state index is 12.9. The van der Waals surface area contributed by atoms with Gasteiger partial charge in [-0.25, -0.2) is 8.42 Å². The summed E-state index contributed by atoms with van der Waals surface area (Å²) in [6.45, 7) is 0.411. The van der Waals surface area contributed by atoms with Crippen LogP contribution in [0.5, 0.6) is 0 Å². The average Bonchev–Trinajstić information content (AvgIpc) is 2.59. The number of hydrogen-bond donors (Lipinski definition) is 0. The highest BCUT2D eigenvalue weighted by molar-refractivity contribution is 14.1. The van der Waals surface area contributed by atoms with Gasteiger partial charge in [0.15, 0.2) is 0 Å². The minimum absolute atomic E-state index is 0.201. The number of halogens is 1. The summed E-state index contributed by atoms with van der Waals surface area (Å²) in [5, 5.41) is 0. The molecule has 0 spiro atoms. The Morgan fingerprint density at radius 1 is 1.16 bits per heavy atom. The lowest BCUT2D eigenvalue weighted by Gasteiger charge is -2.31. The molecule has 1 aliphatic heterocycles. The molecule has 0 radical (unpaired) electrons. The second-order valence-corrected chi connectivity index (χ2v) is 9.18. The average molecular weight is 470 g/mol. The summed E-state index contributed by atoms with van der Waals surface area (Å²) >= 11 is 2.16. The summed E-state index contributed by atoms with van der Waals surface area (Å²) < 4.78 is 26.6. The predicted octanol–water partition coefficient (Wildman–Crippen LogP) is 3.04. The van der Waals surface area contributed by atoms with Crippen molar-refractivity contribution < 1.29 is 13.2 Å². The number of sulfonamides is 1. The van der Waals surface area contributed by atoms with E-state index in [2.05, 4.69) is 22.6 Å². The van der Waals surface area contributed by atoms with Gasteiger partial charge in [0.2, 0.25) is 15.9 Å². The zero-order valence-corrected chi connectivity index (χ0v) is 16.8. The molecule has 1 amide bonds. The van der Waals surface area contributed by atoms with Crippen molar-refractivity contribution in [2.75, 3.05) is 28.6 Å². The zero-order chi connectivity index (χ0) is 18.0. The Morgan fingerprint density at radius 3 is 2.52 bits per heavy atom. The number of aryl methyl sites for hydroxylation is 1. The molecule has 2 aromatic carbocycles. The number of carbonyl (C=O) groups is 1. The number of benzene rings is 2. The fourth-order valence-electron chi connectivity index (χ4n) is 3.01. The van der Waals surface area contributed by atoms with Gasteiger partial charge in [-0.2, -0.15) is 0 Å². The number of rotatable bonds is 4. The van der Waals surface area contributed by atoms with E-state index in [9.17, 15) is 13.2 Å². The molecule has 0 saturated heterocycles. The minimum atomic E-state index is -3.56. The first-order valence-electron chi connectivity index (χ1n) is 7.98. The Morgan fingerprint density at radius 2 is 1.84 bits per heavy atom. The van der Waals surface area contributed by atoms with Crippen LogP contribution in [-0.4, -0.2) is 33.7 Å². The van der Waals surface area contributed by atoms with E-state index in [1.54, 1.807) is 17.0 Å². The van der Waals surface area contributed by atoms with Crippen LogP contribution in [0.2, 0.25) is 0 Å². The van der Waals surface area contributed by atoms with Crippen molar-refractivity contribution in [3.05, 3.63) is 57.7 Å². The lowest BCUT2D eigenvalue weighted by molar-refractivity contribution is -0.117. The molecule has 3 rings (SSSR count). The second-order valence-electron chi connectivity index (χ2n) is 6.02. The van der Waals surface area contributed by atoms with Crippen molar-refractivity contribution in [3.8, 4) is 0 Å². The van der Waals surface area contributed by atoms with E-state index in [1.165, 1.54) is 4.31 Å². The van der Waals surface area contributed by atoms with Crippen LogP contribution in [0.4, 0.5) is 11.4 Å².